The molecule has 0 heterocycles. The van der Waals surface area contributed by atoms with Gasteiger partial charge in [0.15, 0.2) is 5.40 Å². The quantitative estimate of drug-likeness (QED) is 0.399. The molecule has 0 radical (unpaired) electrons. The summed E-state index contributed by atoms with van der Waals surface area (Å²) >= 11 is 0. The molecule has 0 atom stereocenters. The van der Waals surface area contributed by atoms with E-state index in [1.165, 1.54) is 24.3 Å². The van der Waals surface area contributed by atoms with Gasteiger partial charge in [0, 0.05) is 11.3 Å². The van der Waals surface area contributed by atoms with Crippen molar-refractivity contribution in [2.24, 2.45) is 0 Å². The van der Waals surface area contributed by atoms with E-state index in [9.17, 15) is 9.13 Å². The lowest BCUT2D eigenvalue weighted by molar-refractivity contribution is 0.340. The van der Waals surface area contributed by atoms with Gasteiger partial charge in [-0.1, -0.05) is 18.2 Å². The SMILES string of the molecule is Nc1ccccc1C(P(=O)(O)O)P(=O)(O)O. The van der Waals surface area contributed by atoms with Crippen LogP contribution >= 0.6 is 15.2 Å². The van der Waals surface area contributed by atoms with Crippen LogP contribution in [0.15, 0.2) is 24.3 Å². The van der Waals surface area contributed by atoms with Gasteiger partial charge in [-0.25, -0.2) is 0 Å². The molecule has 0 aliphatic heterocycles. The minimum absolute atomic E-state index is 0.0702. The van der Waals surface area contributed by atoms with Crippen LogP contribution in [0.1, 0.15) is 11.0 Å². The number of rotatable bonds is 3. The molecular weight excluding hydrogens is 256 g/mol. The van der Waals surface area contributed by atoms with E-state index in [0.717, 1.165) is 0 Å². The molecule has 7 nitrogen and oxygen atoms in total. The number of nitrogens with two attached hydrogens (primary N) is 1. The molecule has 0 aliphatic carbocycles. The Labute approximate surface area is 91.2 Å². The molecule has 0 spiro atoms. The molecule has 0 saturated carbocycles. The predicted octanol–water partition coefficient (Wildman–Crippen LogP) is 0.623. The van der Waals surface area contributed by atoms with Crippen molar-refractivity contribution in [3.05, 3.63) is 29.8 Å². The molecule has 1 rings (SSSR count). The maximum Gasteiger partial charge on any atom is 0.345 e. The van der Waals surface area contributed by atoms with E-state index in [0.29, 0.717) is 0 Å². The topological polar surface area (TPSA) is 141 Å². The van der Waals surface area contributed by atoms with E-state index in [1.807, 2.05) is 0 Å². The van der Waals surface area contributed by atoms with Gasteiger partial charge < -0.3 is 25.3 Å². The van der Waals surface area contributed by atoms with Crippen molar-refractivity contribution in [2.75, 3.05) is 5.73 Å². The van der Waals surface area contributed by atoms with E-state index in [2.05, 4.69) is 0 Å². The Hall–Kier alpha value is -0.680. The van der Waals surface area contributed by atoms with E-state index in [-0.39, 0.29) is 11.3 Å². The van der Waals surface area contributed by atoms with Gasteiger partial charge in [-0.2, -0.15) is 0 Å². The highest BCUT2D eigenvalue weighted by Crippen LogP contribution is 2.70. The lowest BCUT2D eigenvalue weighted by atomic mass is 10.2. The van der Waals surface area contributed by atoms with Gasteiger partial charge >= 0.3 is 15.2 Å². The van der Waals surface area contributed by atoms with Crippen molar-refractivity contribution in [2.45, 2.75) is 5.40 Å². The summed E-state index contributed by atoms with van der Waals surface area (Å²) in [7, 11) is -9.98. The summed E-state index contributed by atoms with van der Waals surface area (Å²) in [5.74, 6) is 0. The molecule has 0 aliphatic rings. The average molecular weight is 267 g/mol. The normalized spacial score (nSPS) is 13.1. The van der Waals surface area contributed by atoms with Crippen LogP contribution in [0.25, 0.3) is 0 Å². The van der Waals surface area contributed by atoms with Crippen molar-refractivity contribution >= 4 is 20.9 Å². The monoisotopic (exact) mass is 267 g/mol. The van der Waals surface area contributed by atoms with E-state index >= 15 is 0 Å². The third-order valence-corrected chi connectivity index (χ3v) is 5.55. The van der Waals surface area contributed by atoms with Gasteiger partial charge in [0.05, 0.1) is 0 Å². The summed E-state index contributed by atoms with van der Waals surface area (Å²) in [6, 6.07) is 5.38. The second-order valence-corrected chi connectivity index (χ2v) is 6.98. The minimum atomic E-state index is -4.99. The predicted molar refractivity (Wildman–Crippen MR) is 57.7 cm³/mol. The van der Waals surface area contributed by atoms with Crippen LogP contribution in [0, 0.1) is 0 Å². The van der Waals surface area contributed by atoms with Gasteiger partial charge in [-0.05, 0) is 6.07 Å². The molecule has 1 aromatic rings. The van der Waals surface area contributed by atoms with Crippen molar-refractivity contribution in [1.82, 2.24) is 0 Å². The molecule has 0 amide bonds. The maximum atomic E-state index is 11.1. The Morgan fingerprint density at radius 2 is 1.44 bits per heavy atom. The highest BCUT2D eigenvalue weighted by Gasteiger charge is 2.45. The van der Waals surface area contributed by atoms with Crippen LogP contribution in [0.4, 0.5) is 5.69 Å². The fourth-order valence-electron chi connectivity index (χ4n) is 1.30. The average Bonchev–Trinajstić information content (AvgIpc) is 2.03. The van der Waals surface area contributed by atoms with Crippen LogP contribution in [0.3, 0.4) is 0 Å². The van der Waals surface area contributed by atoms with Crippen molar-refractivity contribution in [1.29, 1.82) is 0 Å². The van der Waals surface area contributed by atoms with E-state index in [1.54, 1.807) is 0 Å². The first-order chi connectivity index (χ1) is 7.14. The van der Waals surface area contributed by atoms with Crippen LogP contribution in [-0.2, 0) is 9.13 Å². The maximum absolute atomic E-state index is 11.1. The van der Waals surface area contributed by atoms with Crippen LogP contribution in [0.2, 0.25) is 0 Å². The Bertz CT molecular complexity index is 456. The highest BCUT2D eigenvalue weighted by molar-refractivity contribution is 7.70. The molecule has 0 aromatic heterocycles. The second kappa shape index (κ2) is 4.30. The third kappa shape index (κ3) is 2.92. The molecule has 16 heavy (non-hydrogen) atoms. The molecule has 0 unspecified atom stereocenters. The van der Waals surface area contributed by atoms with Crippen molar-refractivity contribution in [3.63, 3.8) is 0 Å². The number of hydrogen-bond donors (Lipinski definition) is 5. The van der Waals surface area contributed by atoms with Crippen molar-refractivity contribution in [3.8, 4) is 0 Å². The summed E-state index contributed by atoms with van der Waals surface area (Å²) in [6.45, 7) is 0. The summed E-state index contributed by atoms with van der Waals surface area (Å²) in [6.07, 6.45) is 0. The molecule has 90 valence electrons. The van der Waals surface area contributed by atoms with Gasteiger partial charge in [0.1, 0.15) is 0 Å². The van der Waals surface area contributed by atoms with E-state index in [4.69, 9.17) is 25.3 Å². The van der Waals surface area contributed by atoms with Gasteiger partial charge in [0.25, 0.3) is 0 Å². The zero-order valence-corrected chi connectivity index (χ0v) is 9.75. The fourth-order valence-corrected chi connectivity index (χ4v) is 4.07. The first-order valence-corrected chi connectivity index (χ1v) is 7.45. The molecule has 0 bridgehead atoms. The Morgan fingerprint density at radius 3 is 1.81 bits per heavy atom. The fraction of sp³-hybridized carbons (Fsp3) is 0.143. The largest absolute Gasteiger partial charge is 0.398 e. The second-order valence-electron chi connectivity index (χ2n) is 3.18. The van der Waals surface area contributed by atoms with Crippen molar-refractivity contribution < 1.29 is 28.7 Å². The van der Waals surface area contributed by atoms with Gasteiger partial charge in [0.2, 0.25) is 0 Å². The lowest BCUT2D eigenvalue weighted by Crippen LogP contribution is -2.04. The van der Waals surface area contributed by atoms with E-state index < -0.39 is 20.6 Å². The first kappa shape index (κ1) is 13.4. The Morgan fingerprint density at radius 1 is 1.00 bits per heavy atom. The van der Waals surface area contributed by atoms with Crippen LogP contribution in [-0.4, -0.2) is 19.6 Å². The summed E-state index contributed by atoms with van der Waals surface area (Å²) in [5.41, 5.74) is 5.11. The Kier molecular flexibility index (Phi) is 3.59. The molecule has 1 aromatic carbocycles. The number of hydrogen-bond acceptors (Lipinski definition) is 3. The van der Waals surface area contributed by atoms with Crippen LogP contribution < -0.4 is 5.73 Å². The summed E-state index contributed by atoms with van der Waals surface area (Å²) in [4.78, 5) is 35.8. The first-order valence-electron chi connectivity index (χ1n) is 4.09. The smallest absolute Gasteiger partial charge is 0.345 e. The van der Waals surface area contributed by atoms with Gasteiger partial charge in [-0.3, -0.25) is 9.13 Å². The standard InChI is InChI=1S/C7H11NO6P2/c8-6-4-2-1-3-5(6)7(15(9,10)11)16(12,13)14/h1-4,7H,8H2,(H2,9,10,11)(H2,12,13,14). The molecular formula is C7H11NO6P2. The number of nitrogen functional groups attached to an aromatic ring is 1. The molecule has 0 saturated heterocycles. The lowest BCUT2D eigenvalue weighted by Gasteiger charge is -2.21. The molecule has 6 N–H and O–H groups in total. The summed E-state index contributed by atoms with van der Waals surface area (Å²) in [5, 5.41) is -2.21. The minimum Gasteiger partial charge on any atom is -0.398 e. The molecule has 0 fully saturated rings. The molecule has 9 heteroatoms. The Balaban J connectivity index is 3.41. The zero-order chi connectivity index (χ0) is 12.6. The number of para-hydroxylation sites is 1. The van der Waals surface area contributed by atoms with Crippen LogP contribution in [0.5, 0.6) is 0 Å². The van der Waals surface area contributed by atoms with Gasteiger partial charge in [-0.15, -0.1) is 0 Å². The zero-order valence-electron chi connectivity index (χ0n) is 7.96. The number of anilines is 1. The summed E-state index contributed by atoms with van der Waals surface area (Å²) < 4.78 is 22.2. The third-order valence-electron chi connectivity index (χ3n) is 1.91. The number of benzene rings is 1. The highest BCUT2D eigenvalue weighted by atomic mass is 31.2.